The van der Waals surface area contributed by atoms with Crippen LogP contribution >= 0.6 is 93.5 Å². The van der Waals surface area contributed by atoms with Gasteiger partial charge in [-0.15, -0.1) is 0 Å². The zero-order valence-corrected chi connectivity index (χ0v) is 35.9. The summed E-state index contributed by atoms with van der Waals surface area (Å²) < 4.78 is 3.12. The molecule has 0 saturated heterocycles. The molecule has 45 heavy (non-hydrogen) atoms. The van der Waals surface area contributed by atoms with Gasteiger partial charge in [0.15, 0.2) is 11.2 Å². The summed E-state index contributed by atoms with van der Waals surface area (Å²) >= 11 is 19.8. The van der Waals surface area contributed by atoms with Crippen LogP contribution in [0.25, 0.3) is 0 Å². The standard InChI is InChI=1S/C9H12BrN.C9H13NO.C5H6O5.C4H6O3.Br5P/c1-3-8-5-7(10)6-9(4-2)11-8;1-3-7-5-9(11)6-8(4-2)10-7;6-3(1-4(7)8)2-5(9)10;1-3(5)7-4(2)6;1-6(2,3,4)5/h5-6H,3-4H2,1-2H3;5-6H,3-4H2,1-2H3,(H,10,11);1-2H2,(H,7,8)(H,9,10);1-2H3;. The average molecular weight is 1040 g/mol. The Labute approximate surface area is 311 Å². The fourth-order valence-electron chi connectivity index (χ4n) is 2.62. The van der Waals surface area contributed by atoms with Crippen LogP contribution in [-0.2, 0) is 54.4 Å². The molecule has 256 valence electrons. The number of aryl methyl sites for hydroxylation is 4. The minimum Gasteiger partial charge on any atom is -0.481 e. The van der Waals surface area contributed by atoms with E-state index in [2.05, 4.69) is 134 Å². The third kappa shape index (κ3) is 39.3. The molecule has 2 aromatic rings. The maximum atomic E-state index is 11.0. The van der Waals surface area contributed by atoms with Gasteiger partial charge in [0, 0.05) is 53.2 Å². The summed E-state index contributed by atoms with van der Waals surface area (Å²) in [4.78, 5) is 68.1. The number of carboxylic acid groups (broad SMARTS) is 2. The zero-order chi connectivity index (χ0) is 36.0. The Bertz CT molecular complexity index is 1240. The summed E-state index contributed by atoms with van der Waals surface area (Å²) in [5.74, 6) is -4.52. The molecule has 0 spiro atoms. The molecule has 0 fully saturated rings. The summed E-state index contributed by atoms with van der Waals surface area (Å²) in [6.07, 6.45) is 2.36. The fourth-order valence-corrected chi connectivity index (χ4v) is 3.15. The molecule has 18 heteroatoms. The molecule has 0 aliphatic rings. The van der Waals surface area contributed by atoms with E-state index in [1.165, 1.54) is 13.8 Å². The molecule has 0 aliphatic heterocycles. The molecule has 11 nitrogen and oxygen atoms in total. The first-order valence-electron chi connectivity index (χ1n) is 13.0. The Morgan fingerprint density at radius 3 is 1.29 bits per heavy atom. The maximum absolute atomic E-state index is 11.0. The summed E-state index contributed by atoms with van der Waals surface area (Å²) in [6.45, 7) is 10.7. The van der Waals surface area contributed by atoms with Crippen LogP contribution < -0.4 is 5.43 Å². The van der Waals surface area contributed by atoms with Gasteiger partial charge in [0.2, 0.25) is 0 Å². The number of aliphatic carboxylic acids is 2. The van der Waals surface area contributed by atoms with E-state index in [0.717, 1.165) is 52.9 Å². The number of esters is 2. The normalized spacial score (nSPS) is 10.6. The molecule has 2 rings (SSSR count). The van der Waals surface area contributed by atoms with Gasteiger partial charge in [0.1, 0.15) is 12.8 Å². The Morgan fingerprint density at radius 2 is 1.07 bits per heavy atom. The minimum absolute atomic E-state index is 0.109. The number of hydrogen-bond acceptors (Lipinski definition) is 8. The number of aromatic nitrogens is 2. The number of ether oxygens (including phenoxy) is 1. The Morgan fingerprint density at radius 1 is 0.733 bits per heavy atom. The van der Waals surface area contributed by atoms with E-state index in [4.69, 9.17) is 10.2 Å². The average Bonchev–Trinajstić information content (AvgIpc) is 2.85. The predicted molar refractivity (Wildman–Crippen MR) is 200 cm³/mol. The van der Waals surface area contributed by atoms with Crippen LogP contribution in [0.2, 0.25) is 0 Å². The Balaban J connectivity index is -0.000000500. The number of pyridine rings is 2. The number of H-pyrrole nitrogens is 1. The number of rotatable bonds is 8. The van der Waals surface area contributed by atoms with Gasteiger partial charge in [-0.1, -0.05) is 43.6 Å². The predicted octanol–water partition coefficient (Wildman–Crippen LogP) is 9.16. The third-order valence-corrected chi connectivity index (χ3v) is 4.78. The molecule has 0 saturated carbocycles. The van der Waals surface area contributed by atoms with Crippen LogP contribution in [0.1, 0.15) is 77.2 Å². The largest absolute Gasteiger partial charge is 0.481 e. The molecular weight excluding hydrogens is 1010 g/mol. The van der Waals surface area contributed by atoms with Crippen molar-refractivity contribution in [1.29, 1.82) is 0 Å². The Hall–Kier alpha value is -0.840. The van der Waals surface area contributed by atoms with Gasteiger partial charge in [-0.3, -0.25) is 33.8 Å². The number of aromatic amines is 1. The monoisotopic (exact) mass is 1040 g/mol. The van der Waals surface area contributed by atoms with E-state index in [1.807, 2.05) is 13.8 Å². The van der Waals surface area contributed by atoms with Gasteiger partial charge in [0.25, 0.3) is 0 Å². The van der Waals surface area contributed by atoms with E-state index >= 15 is 0 Å². The van der Waals surface area contributed by atoms with Crippen molar-refractivity contribution in [3.63, 3.8) is 0 Å². The first-order valence-corrected chi connectivity index (χ1v) is 26.2. The van der Waals surface area contributed by atoms with Gasteiger partial charge in [-0.25, -0.2) is 0 Å². The number of carbonyl (C=O) groups excluding carboxylic acids is 3. The quantitative estimate of drug-likeness (QED) is 0.131. The van der Waals surface area contributed by atoms with E-state index in [9.17, 15) is 28.8 Å². The van der Waals surface area contributed by atoms with E-state index in [-0.39, 0.29) is 5.43 Å². The van der Waals surface area contributed by atoms with Crippen molar-refractivity contribution in [1.82, 2.24) is 9.97 Å². The molecule has 2 heterocycles. The van der Waals surface area contributed by atoms with Crippen LogP contribution in [-0.4, -0.2) is 49.8 Å². The molecule has 2 aromatic heterocycles. The van der Waals surface area contributed by atoms with E-state index in [1.54, 1.807) is 12.1 Å². The molecule has 0 radical (unpaired) electrons. The molecule has 0 aliphatic carbocycles. The number of nitrogens with zero attached hydrogens (tertiary/aromatic N) is 1. The van der Waals surface area contributed by atoms with Crippen molar-refractivity contribution < 1.29 is 38.9 Å². The number of Topliss-reactive ketones (excluding diaryl/α,β-unsaturated/α-hetero) is 1. The molecule has 0 atom stereocenters. The first kappa shape index (κ1) is 48.6. The Kier molecular flexibility index (Phi) is 27.2. The summed E-state index contributed by atoms with van der Waals surface area (Å²) in [5.41, 5.74) is 4.48. The number of hydrogen-bond donors (Lipinski definition) is 3. The zero-order valence-electron chi connectivity index (χ0n) is 25.5. The van der Waals surface area contributed by atoms with E-state index in [0.29, 0.717) is 0 Å². The van der Waals surface area contributed by atoms with Crippen molar-refractivity contribution in [3.05, 3.63) is 61.7 Å². The minimum atomic E-state index is -1.99. The van der Waals surface area contributed by atoms with Crippen LogP contribution in [0.3, 0.4) is 0 Å². The van der Waals surface area contributed by atoms with Gasteiger partial charge < -0.3 is 19.9 Å². The number of nitrogens with one attached hydrogen (secondary N) is 1. The SMILES string of the molecule is BrP(Br)(Br)(Br)Br.CC(=O)OC(C)=O.CCc1cc(=O)cc(CC)[nH]1.CCc1cc(Br)cc(CC)n1.O=C(O)CC(=O)CC(=O)O. The number of ketones is 1. The van der Waals surface area contributed by atoms with Crippen molar-refractivity contribution in [3.8, 4) is 0 Å². The smallest absolute Gasteiger partial charge is 0.310 e. The topological polar surface area (TPSA) is 181 Å². The van der Waals surface area contributed by atoms with Crippen LogP contribution in [0.5, 0.6) is 0 Å². The summed E-state index contributed by atoms with van der Waals surface area (Å²) in [6, 6.07) is 7.44. The number of halogens is 6. The third-order valence-electron chi connectivity index (χ3n) is 4.32. The van der Waals surface area contributed by atoms with Gasteiger partial charge in [-0.2, -0.15) is 0 Å². The summed E-state index contributed by atoms with van der Waals surface area (Å²) in [5, 5.41) is 16.0. The van der Waals surface area contributed by atoms with Gasteiger partial charge in [-0.05, 0) is 37.8 Å². The van der Waals surface area contributed by atoms with Crippen molar-refractivity contribution in [2.75, 3.05) is 0 Å². The molecule has 3 N–H and O–H groups in total. The second-order valence-electron chi connectivity index (χ2n) is 8.45. The number of carbonyl (C=O) groups is 5. The molecular formula is C27H37Br6N2O9P. The van der Waals surface area contributed by atoms with Crippen LogP contribution in [0.4, 0.5) is 0 Å². The van der Waals surface area contributed by atoms with Gasteiger partial charge >= 0.3 is 101 Å². The van der Waals surface area contributed by atoms with E-state index < -0.39 is 42.6 Å². The summed E-state index contributed by atoms with van der Waals surface area (Å²) in [7, 11) is 0. The second kappa shape index (κ2) is 25.2. The fraction of sp³-hybridized carbons (Fsp3) is 0.444. The first-order chi connectivity index (χ1) is 20.4. The molecule has 0 amide bonds. The number of carboxylic acids is 2. The van der Waals surface area contributed by atoms with Crippen LogP contribution in [0, 0.1) is 0 Å². The van der Waals surface area contributed by atoms with Crippen LogP contribution in [0.15, 0.2) is 33.5 Å². The van der Waals surface area contributed by atoms with Gasteiger partial charge in [0.05, 0.1) is 0 Å². The molecule has 0 bridgehead atoms. The van der Waals surface area contributed by atoms with Crippen molar-refractivity contribution >= 4 is 123 Å². The van der Waals surface area contributed by atoms with Crippen molar-refractivity contribution in [2.45, 2.75) is 80.1 Å². The molecule has 0 aromatic carbocycles. The molecule has 0 unspecified atom stereocenters. The van der Waals surface area contributed by atoms with Crippen molar-refractivity contribution in [2.24, 2.45) is 0 Å². The second-order valence-corrected chi connectivity index (χ2v) is 60.5. The maximum Gasteiger partial charge on any atom is 0.310 e.